The zero-order chi connectivity index (χ0) is 20.0. The fraction of sp³-hybridized carbons (Fsp3) is 0.667. The quantitative estimate of drug-likeness (QED) is 0.203. The van der Waals surface area contributed by atoms with Crippen molar-refractivity contribution < 1.29 is 14.2 Å². The maximum atomic E-state index is 5.97. The number of nitrogens with one attached hydrogen (secondary N) is 2. The van der Waals surface area contributed by atoms with Gasteiger partial charge in [0.05, 0.1) is 26.9 Å². The van der Waals surface area contributed by atoms with E-state index in [1.807, 2.05) is 31.2 Å². The van der Waals surface area contributed by atoms with Crippen LogP contribution in [0.3, 0.4) is 0 Å². The lowest BCUT2D eigenvalue weighted by Gasteiger charge is -2.26. The highest BCUT2D eigenvalue weighted by atomic mass is 127. The smallest absolute Gasteiger partial charge is 0.191 e. The van der Waals surface area contributed by atoms with E-state index in [4.69, 9.17) is 14.2 Å². The maximum absolute atomic E-state index is 5.97. The molecule has 0 saturated carbocycles. The Bertz CT molecular complexity index is 583. The lowest BCUT2D eigenvalue weighted by Crippen LogP contribution is -2.39. The van der Waals surface area contributed by atoms with Crippen molar-refractivity contribution in [3.8, 4) is 11.5 Å². The molecule has 8 heteroatoms. The number of rotatable bonds is 11. The van der Waals surface area contributed by atoms with Crippen LogP contribution in [0.25, 0.3) is 0 Å². The van der Waals surface area contributed by atoms with Crippen LogP contribution in [0.2, 0.25) is 0 Å². The highest BCUT2D eigenvalue weighted by Crippen LogP contribution is 2.26. The molecule has 1 fully saturated rings. The summed E-state index contributed by atoms with van der Waals surface area (Å²) in [5.41, 5.74) is 0. The SMILES string of the molecule is CCNC(=NCC(C)Oc1ccccc1OC)NCCCCN1CCOCC1.I. The first-order valence-corrected chi connectivity index (χ1v) is 10.3. The molecule has 0 spiro atoms. The molecule has 1 aromatic rings. The van der Waals surface area contributed by atoms with E-state index < -0.39 is 0 Å². The average Bonchev–Trinajstić information content (AvgIpc) is 2.73. The molecule has 166 valence electrons. The van der Waals surface area contributed by atoms with Crippen LogP contribution in [0.5, 0.6) is 11.5 Å². The number of para-hydroxylation sites is 2. The number of hydrogen-bond donors (Lipinski definition) is 2. The summed E-state index contributed by atoms with van der Waals surface area (Å²) in [5, 5.41) is 6.71. The molecule has 1 heterocycles. The molecule has 0 radical (unpaired) electrons. The molecular weight excluding hydrogens is 483 g/mol. The number of unbranched alkanes of at least 4 members (excludes halogenated alkanes) is 1. The summed E-state index contributed by atoms with van der Waals surface area (Å²) in [5.74, 6) is 2.32. The number of methoxy groups -OCH3 is 1. The Labute approximate surface area is 192 Å². The number of ether oxygens (including phenoxy) is 3. The standard InChI is InChI=1S/C21H36N4O3.HI/c1-4-22-21(23-11-7-8-12-25-13-15-27-16-14-25)24-17-18(2)28-20-10-6-5-9-19(20)26-3;/h5-6,9-10,18H,4,7-8,11-17H2,1-3H3,(H2,22,23,24);1H. The minimum Gasteiger partial charge on any atom is -0.493 e. The molecule has 0 aromatic heterocycles. The summed E-state index contributed by atoms with van der Waals surface area (Å²) in [7, 11) is 1.65. The lowest BCUT2D eigenvalue weighted by molar-refractivity contribution is 0.0372. The molecular formula is C21H37IN4O3. The van der Waals surface area contributed by atoms with Crippen LogP contribution >= 0.6 is 24.0 Å². The van der Waals surface area contributed by atoms with Crippen LogP contribution < -0.4 is 20.1 Å². The minimum absolute atomic E-state index is 0. The Morgan fingerprint density at radius 3 is 2.59 bits per heavy atom. The third-order valence-electron chi connectivity index (χ3n) is 4.55. The topological polar surface area (TPSA) is 67.4 Å². The van der Waals surface area contributed by atoms with Gasteiger partial charge in [-0.3, -0.25) is 4.90 Å². The van der Waals surface area contributed by atoms with Gasteiger partial charge in [0.25, 0.3) is 0 Å². The summed E-state index contributed by atoms with van der Waals surface area (Å²) in [4.78, 5) is 7.13. The number of hydrogen-bond acceptors (Lipinski definition) is 5. The Morgan fingerprint density at radius 1 is 1.17 bits per heavy atom. The molecule has 1 aliphatic heterocycles. The lowest BCUT2D eigenvalue weighted by atomic mass is 10.2. The van der Waals surface area contributed by atoms with Crippen molar-refractivity contribution in [3.05, 3.63) is 24.3 Å². The molecule has 1 unspecified atom stereocenters. The van der Waals surface area contributed by atoms with Gasteiger partial charge in [-0.1, -0.05) is 12.1 Å². The Morgan fingerprint density at radius 2 is 1.90 bits per heavy atom. The Kier molecular flexibility index (Phi) is 13.8. The van der Waals surface area contributed by atoms with Gasteiger partial charge in [-0.2, -0.15) is 0 Å². The van der Waals surface area contributed by atoms with Crippen LogP contribution in [0, 0.1) is 0 Å². The molecule has 29 heavy (non-hydrogen) atoms. The van der Waals surface area contributed by atoms with Gasteiger partial charge in [-0.15, -0.1) is 24.0 Å². The van der Waals surface area contributed by atoms with Crippen molar-refractivity contribution in [1.82, 2.24) is 15.5 Å². The summed E-state index contributed by atoms with van der Waals surface area (Å²) in [6, 6.07) is 7.68. The van der Waals surface area contributed by atoms with Crippen molar-refractivity contribution in [2.45, 2.75) is 32.8 Å². The average molecular weight is 520 g/mol. The van der Waals surface area contributed by atoms with E-state index >= 15 is 0 Å². The van der Waals surface area contributed by atoms with Crippen LogP contribution in [-0.4, -0.2) is 76.6 Å². The predicted octanol–water partition coefficient (Wildman–Crippen LogP) is 2.75. The molecule has 1 aliphatic rings. The van der Waals surface area contributed by atoms with Crippen LogP contribution in [0.15, 0.2) is 29.3 Å². The van der Waals surface area contributed by atoms with Crippen molar-refractivity contribution >= 4 is 29.9 Å². The first kappa shape index (κ1) is 25.8. The first-order chi connectivity index (χ1) is 13.7. The van der Waals surface area contributed by atoms with Crippen molar-refractivity contribution in [2.75, 3.05) is 59.6 Å². The third kappa shape index (κ3) is 10.4. The second-order valence-corrected chi connectivity index (χ2v) is 6.89. The Balaban J connectivity index is 0.00000420. The fourth-order valence-electron chi connectivity index (χ4n) is 3.02. The number of benzene rings is 1. The number of morpholine rings is 1. The molecule has 1 atom stereocenters. The van der Waals surface area contributed by atoms with Crippen molar-refractivity contribution in [2.24, 2.45) is 4.99 Å². The molecule has 1 aromatic carbocycles. The van der Waals surface area contributed by atoms with Gasteiger partial charge >= 0.3 is 0 Å². The van der Waals surface area contributed by atoms with Gasteiger partial charge in [0.1, 0.15) is 6.10 Å². The summed E-state index contributed by atoms with van der Waals surface area (Å²) >= 11 is 0. The summed E-state index contributed by atoms with van der Waals surface area (Å²) < 4.78 is 16.7. The van der Waals surface area contributed by atoms with E-state index in [-0.39, 0.29) is 30.1 Å². The zero-order valence-electron chi connectivity index (χ0n) is 18.0. The van der Waals surface area contributed by atoms with Crippen LogP contribution in [-0.2, 0) is 4.74 Å². The fourth-order valence-corrected chi connectivity index (χ4v) is 3.02. The van der Waals surface area contributed by atoms with E-state index in [1.54, 1.807) is 7.11 Å². The molecule has 0 aliphatic carbocycles. The second-order valence-electron chi connectivity index (χ2n) is 6.89. The van der Waals surface area contributed by atoms with Crippen LogP contribution in [0.4, 0.5) is 0 Å². The molecule has 2 N–H and O–H groups in total. The Hall–Kier alpha value is -1.26. The summed E-state index contributed by atoms with van der Waals surface area (Å²) in [6.07, 6.45) is 2.25. The molecule has 2 rings (SSSR count). The highest BCUT2D eigenvalue weighted by molar-refractivity contribution is 14.0. The second kappa shape index (κ2) is 15.6. The van der Waals surface area contributed by atoms with E-state index in [1.165, 1.54) is 6.42 Å². The highest BCUT2D eigenvalue weighted by Gasteiger charge is 2.10. The van der Waals surface area contributed by atoms with E-state index in [9.17, 15) is 0 Å². The van der Waals surface area contributed by atoms with Gasteiger partial charge in [0.2, 0.25) is 0 Å². The predicted molar refractivity (Wildman–Crippen MR) is 129 cm³/mol. The molecule has 7 nitrogen and oxygen atoms in total. The number of guanidine groups is 1. The van der Waals surface area contributed by atoms with Gasteiger partial charge in [0.15, 0.2) is 17.5 Å². The van der Waals surface area contributed by atoms with Crippen LogP contribution in [0.1, 0.15) is 26.7 Å². The molecule has 1 saturated heterocycles. The number of nitrogens with zero attached hydrogens (tertiary/aromatic N) is 2. The minimum atomic E-state index is -0.0481. The van der Waals surface area contributed by atoms with Gasteiger partial charge in [-0.25, -0.2) is 4.99 Å². The third-order valence-corrected chi connectivity index (χ3v) is 4.55. The van der Waals surface area contributed by atoms with E-state index in [0.717, 1.165) is 69.8 Å². The largest absolute Gasteiger partial charge is 0.493 e. The van der Waals surface area contributed by atoms with Crippen molar-refractivity contribution in [1.29, 1.82) is 0 Å². The molecule has 0 amide bonds. The molecule has 0 bridgehead atoms. The maximum Gasteiger partial charge on any atom is 0.191 e. The number of aliphatic imine (C=N–C) groups is 1. The van der Waals surface area contributed by atoms with Gasteiger partial charge in [0, 0.05) is 26.2 Å². The first-order valence-electron chi connectivity index (χ1n) is 10.3. The van der Waals surface area contributed by atoms with Crippen molar-refractivity contribution in [3.63, 3.8) is 0 Å². The zero-order valence-corrected chi connectivity index (χ0v) is 20.3. The monoisotopic (exact) mass is 520 g/mol. The van der Waals surface area contributed by atoms with Gasteiger partial charge < -0.3 is 24.8 Å². The normalized spacial score (nSPS) is 15.9. The van der Waals surface area contributed by atoms with Gasteiger partial charge in [-0.05, 0) is 45.4 Å². The van der Waals surface area contributed by atoms with E-state index in [2.05, 4.69) is 27.4 Å². The summed E-state index contributed by atoms with van der Waals surface area (Å²) in [6.45, 7) is 11.4. The van der Waals surface area contributed by atoms with E-state index in [0.29, 0.717) is 6.54 Å². The number of halogens is 1.